The molecule has 0 N–H and O–H groups in total. The summed E-state index contributed by atoms with van der Waals surface area (Å²) < 4.78 is 2.27. The van der Waals surface area contributed by atoms with Gasteiger partial charge in [0.1, 0.15) is 5.65 Å². The van der Waals surface area contributed by atoms with Crippen molar-refractivity contribution < 1.29 is 0 Å². The maximum atomic E-state index is 5.26. The van der Waals surface area contributed by atoms with Crippen molar-refractivity contribution in [3.8, 4) is 22.3 Å². The second-order valence-corrected chi connectivity index (χ2v) is 9.72. The van der Waals surface area contributed by atoms with E-state index in [2.05, 4.69) is 75.0 Å². The van der Waals surface area contributed by atoms with Crippen LogP contribution in [0.2, 0.25) is 0 Å². The Hall–Kier alpha value is -4.57. The van der Waals surface area contributed by atoms with E-state index in [1.165, 1.54) is 49.9 Å². The normalized spacial score (nSPS) is 13.5. The summed E-state index contributed by atoms with van der Waals surface area (Å²) in [5, 5.41) is 3.40. The number of nitrogens with zero attached hydrogens (tertiary/aromatic N) is 4. The Kier molecular flexibility index (Phi) is 3.11. The second-order valence-electron chi connectivity index (χ2n) is 9.72. The van der Waals surface area contributed by atoms with E-state index in [-0.39, 0.29) is 0 Å². The minimum Gasteiger partial charge on any atom is -0.290 e. The average molecular weight is 447 g/mol. The quantitative estimate of drug-likeness (QED) is 0.243. The highest BCUT2D eigenvalue weighted by molar-refractivity contribution is 6.13. The Bertz CT molecular complexity index is 2070. The van der Waals surface area contributed by atoms with Crippen LogP contribution in [0.1, 0.15) is 22.3 Å². The fraction of sp³-hybridized carbons (Fsp3) is 0.0645. The second kappa shape index (κ2) is 6.10. The molecule has 0 atom stereocenters. The third kappa shape index (κ3) is 2.15. The molecule has 2 aliphatic rings. The predicted molar refractivity (Wildman–Crippen MR) is 140 cm³/mol. The van der Waals surface area contributed by atoms with Crippen LogP contribution in [-0.4, -0.2) is 19.4 Å². The molecule has 4 nitrogen and oxygen atoms in total. The van der Waals surface area contributed by atoms with Crippen molar-refractivity contribution >= 4 is 38.4 Å². The van der Waals surface area contributed by atoms with Crippen LogP contribution in [-0.2, 0) is 12.8 Å². The van der Waals surface area contributed by atoms with Crippen LogP contribution in [0.15, 0.2) is 85.5 Å². The van der Waals surface area contributed by atoms with Crippen molar-refractivity contribution in [2.75, 3.05) is 0 Å². The van der Waals surface area contributed by atoms with Crippen molar-refractivity contribution in [1.29, 1.82) is 0 Å². The fourth-order valence-corrected chi connectivity index (χ4v) is 6.47. The van der Waals surface area contributed by atoms with E-state index < -0.39 is 0 Å². The van der Waals surface area contributed by atoms with Crippen molar-refractivity contribution in [2.45, 2.75) is 12.8 Å². The van der Waals surface area contributed by atoms with E-state index in [1.807, 2.05) is 24.8 Å². The molecule has 4 heteroatoms. The maximum absolute atomic E-state index is 5.26. The first-order valence-electron chi connectivity index (χ1n) is 12.0. The average Bonchev–Trinajstić information content (AvgIpc) is 3.58. The third-order valence-electron chi connectivity index (χ3n) is 8.00. The molecular weight excluding hydrogens is 428 g/mol. The van der Waals surface area contributed by atoms with Gasteiger partial charge in [0.2, 0.25) is 0 Å². The molecule has 0 radical (unpaired) electrons. The summed E-state index contributed by atoms with van der Waals surface area (Å²) in [4.78, 5) is 14.1. The molecule has 0 aliphatic heterocycles. The van der Waals surface area contributed by atoms with Gasteiger partial charge in [-0.05, 0) is 86.6 Å². The smallest absolute Gasteiger partial charge is 0.148 e. The lowest BCUT2D eigenvalue weighted by Gasteiger charge is -2.08. The summed E-state index contributed by atoms with van der Waals surface area (Å²) >= 11 is 0. The number of pyridine rings is 3. The van der Waals surface area contributed by atoms with Gasteiger partial charge in [-0.25, -0.2) is 4.98 Å². The van der Waals surface area contributed by atoms with Crippen LogP contribution < -0.4 is 0 Å². The van der Waals surface area contributed by atoms with E-state index in [1.54, 1.807) is 0 Å². The van der Waals surface area contributed by atoms with E-state index >= 15 is 0 Å². The van der Waals surface area contributed by atoms with Crippen molar-refractivity contribution in [1.82, 2.24) is 19.4 Å². The fourth-order valence-electron chi connectivity index (χ4n) is 6.47. The Labute approximate surface area is 200 Å². The van der Waals surface area contributed by atoms with Gasteiger partial charge >= 0.3 is 0 Å². The zero-order chi connectivity index (χ0) is 22.7. The van der Waals surface area contributed by atoms with Crippen LogP contribution in [0, 0.1) is 0 Å². The van der Waals surface area contributed by atoms with Crippen molar-refractivity contribution in [2.24, 2.45) is 0 Å². The zero-order valence-corrected chi connectivity index (χ0v) is 18.8. The minimum atomic E-state index is 0.910. The summed E-state index contributed by atoms with van der Waals surface area (Å²) in [7, 11) is 0. The topological polar surface area (TPSA) is 43.1 Å². The lowest BCUT2D eigenvalue weighted by molar-refractivity contribution is 1.24. The highest BCUT2D eigenvalue weighted by atomic mass is 15.0. The SMILES string of the molecule is c1ccc2c(c1)Cc1cc3c(cc1-2)Cc1c-3ccc2c1nc1c3cnccc3c3ccncc3n21. The minimum absolute atomic E-state index is 0.910. The molecule has 0 saturated heterocycles. The summed E-state index contributed by atoms with van der Waals surface area (Å²) in [5.74, 6) is 0. The van der Waals surface area contributed by atoms with E-state index in [4.69, 9.17) is 4.98 Å². The standard InChI is InChI=1S/C31H18N4/c1-2-4-20-17(3-1)11-18-12-25-19(13-24(18)20)14-26-21(25)5-6-28-30(26)34-31-27-15-32-9-7-22(27)23-8-10-33-16-29(23)35(28)31/h1-10,12-13,15-16H,11,14H2. The van der Waals surface area contributed by atoms with Gasteiger partial charge in [-0.15, -0.1) is 0 Å². The number of hydrogen-bond donors (Lipinski definition) is 0. The van der Waals surface area contributed by atoms with Crippen LogP contribution in [0.25, 0.3) is 60.6 Å². The first-order valence-corrected chi connectivity index (χ1v) is 12.0. The van der Waals surface area contributed by atoms with Gasteiger partial charge in [0.15, 0.2) is 0 Å². The number of imidazole rings is 1. The number of hydrogen-bond acceptors (Lipinski definition) is 3. The maximum Gasteiger partial charge on any atom is 0.148 e. The van der Waals surface area contributed by atoms with Crippen LogP contribution in [0.5, 0.6) is 0 Å². The third-order valence-corrected chi connectivity index (χ3v) is 8.00. The molecule has 0 bridgehead atoms. The molecule has 0 spiro atoms. The highest BCUT2D eigenvalue weighted by Gasteiger charge is 2.28. The molecule has 0 unspecified atom stereocenters. The van der Waals surface area contributed by atoms with Gasteiger partial charge in [0.25, 0.3) is 0 Å². The Balaban J connectivity index is 1.35. The van der Waals surface area contributed by atoms with Crippen LogP contribution in [0.3, 0.4) is 0 Å². The molecular formula is C31H18N4. The number of aromatic nitrogens is 4. The Morgan fingerprint density at radius 2 is 1.40 bits per heavy atom. The highest BCUT2D eigenvalue weighted by Crippen LogP contribution is 2.46. The molecule has 0 amide bonds. The monoisotopic (exact) mass is 446 g/mol. The molecule has 7 aromatic rings. The summed E-state index contributed by atoms with van der Waals surface area (Å²) in [5.41, 5.74) is 15.3. The van der Waals surface area contributed by atoms with E-state index in [0.717, 1.165) is 45.8 Å². The number of benzene rings is 3. The molecule has 162 valence electrons. The molecule has 2 aliphatic carbocycles. The molecule has 9 rings (SSSR count). The van der Waals surface area contributed by atoms with Gasteiger partial charge in [-0.3, -0.25) is 14.4 Å². The largest absolute Gasteiger partial charge is 0.290 e. The zero-order valence-electron chi connectivity index (χ0n) is 18.8. The molecule has 35 heavy (non-hydrogen) atoms. The van der Waals surface area contributed by atoms with E-state index in [9.17, 15) is 0 Å². The Morgan fingerprint density at radius 1 is 0.600 bits per heavy atom. The van der Waals surface area contributed by atoms with Crippen LogP contribution >= 0.6 is 0 Å². The van der Waals surface area contributed by atoms with Gasteiger partial charge < -0.3 is 0 Å². The summed E-state index contributed by atoms with van der Waals surface area (Å²) in [6.45, 7) is 0. The van der Waals surface area contributed by atoms with Gasteiger partial charge in [0, 0.05) is 35.8 Å². The molecule has 4 heterocycles. The Morgan fingerprint density at radius 3 is 2.34 bits per heavy atom. The summed E-state index contributed by atoms with van der Waals surface area (Å²) in [6, 6.07) is 22.4. The lowest BCUT2D eigenvalue weighted by atomic mass is 9.98. The number of rotatable bonds is 0. The molecule has 0 saturated carbocycles. The van der Waals surface area contributed by atoms with E-state index in [0.29, 0.717) is 0 Å². The first kappa shape index (κ1) is 17.8. The van der Waals surface area contributed by atoms with Crippen molar-refractivity contribution in [3.05, 3.63) is 108 Å². The van der Waals surface area contributed by atoms with Gasteiger partial charge in [0.05, 0.1) is 22.7 Å². The molecule has 3 aromatic carbocycles. The van der Waals surface area contributed by atoms with Crippen molar-refractivity contribution in [3.63, 3.8) is 0 Å². The predicted octanol–water partition coefficient (Wildman–Crippen LogP) is 6.73. The lowest BCUT2D eigenvalue weighted by Crippen LogP contribution is -1.92. The molecule has 0 fully saturated rings. The van der Waals surface area contributed by atoms with Gasteiger partial charge in [-0.1, -0.05) is 30.3 Å². The van der Waals surface area contributed by atoms with Gasteiger partial charge in [-0.2, -0.15) is 0 Å². The van der Waals surface area contributed by atoms with Crippen LogP contribution in [0.4, 0.5) is 0 Å². The first-order chi connectivity index (χ1) is 17.3. The number of fused-ring (bicyclic) bond motifs is 15. The summed E-state index contributed by atoms with van der Waals surface area (Å²) in [6.07, 6.45) is 9.53. The molecule has 4 aromatic heterocycles.